The predicted octanol–water partition coefficient (Wildman–Crippen LogP) is 1.34. The lowest BCUT2D eigenvalue weighted by molar-refractivity contribution is 0.0905. The van der Waals surface area contributed by atoms with E-state index in [0.29, 0.717) is 17.9 Å². The molecule has 4 nitrogen and oxygen atoms in total. The Hall–Kier alpha value is -1.55. The molecule has 0 aliphatic rings. The number of carbonyl (C=O) groups excluding carboxylic acids is 1. The van der Waals surface area contributed by atoms with Crippen LogP contribution in [0.4, 0.5) is 5.69 Å². The quantitative estimate of drug-likeness (QED) is 0.756. The van der Waals surface area contributed by atoms with Crippen LogP contribution in [0.3, 0.4) is 0 Å². The summed E-state index contributed by atoms with van der Waals surface area (Å²) in [6.07, 6.45) is 0. The highest BCUT2D eigenvalue weighted by atomic mass is 16.5. The molecule has 1 aromatic rings. The van der Waals surface area contributed by atoms with Crippen molar-refractivity contribution in [3.05, 3.63) is 29.3 Å². The van der Waals surface area contributed by atoms with Crippen LogP contribution in [-0.4, -0.2) is 25.7 Å². The molecule has 1 unspecified atom stereocenters. The molecule has 1 atom stereocenters. The number of carbonyl (C=O) groups is 1. The second-order valence-corrected chi connectivity index (χ2v) is 3.90. The van der Waals surface area contributed by atoms with E-state index in [1.807, 2.05) is 13.8 Å². The van der Waals surface area contributed by atoms with Crippen molar-refractivity contribution in [2.45, 2.75) is 19.9 Å². The molecule has 1 rings (SSSR count). The standard InChI is InChI=1S/C12H18N2O2/c1-8-6-10(13)4-5-11(8)12(15)14-9(2)7-16-3/h4-6,9H,7,13H2,1-3H3,(H,14,15). The van der Waals surface area contributed by atoms with Gasteiger partial charge >= 0.3 is 0 Å². The van der Waals surface area contributed by atoms with Gasteiger partial charge in [0, 0.05) is 24.4 Å². The van der Waals surface area contributed by atoms with E-state index in [9.17, 15) is 4.79 Å². The minimum Gasteiger partial charge on any atom is -0.399 e. The van der Waals surface area contributed by atoms with Gasteiger partial charge in [-0.05, 0) is 37.6 Å². The van der Waals surface area contributed by atoms with Crippen LogP contribution >= 0.6 is 0 Å². The fourth-order valence-electron chi connectivity index (χ4n) is 1.53. The number of hydrogen-bond acceptors (Lipinski definition) is 3. The summed E-state index contributed by atoms with van der Waals surface area (Å²) in [6, 6.07) is 5.24. The van der Waals surface area contributed by atoms with Crippen LogP contribution in [0.15, 0.2) is 18.2 Å². The monoisotopic (exact) mass is 222 g/mol. The van der Waals surface area contributed by atoms with E-state index in [-0.39, 0.29) is 11.9 Å². The summed E-state index contributed by atoms with van der Waals surface area (Å²) in [6.45, 7) is 4.26. The fraction of sp³-hybridized carbons (Fsp3) is 0.417. The number of nitrogen functional groups attached to an aromatic ring is 1. The van der Waals surface area contributed by atoms with Gasteiger partial charge in [-0.15, -0.1) is 0 Å². The summed E-state index contributed by atoms with van der Waals surface area (Å²) >= 11 is 0. The molecule has 88 valence electrons. The minimum atomic E-state index is -0.0953. The van der Waals surface area contributed by atoms with Gasteiger partial charge in [-0.1, -0.05) is 0 Å². The van der Waals surface area contributed by atoms with Gasteiger partial charge in [0.15, 0.2) is 0 Å². The lowest BCUT2D eigenvalue weighted by Crippen LogP contribution is -2.35. The van der Waals surface area contributed by atoms with Crippen LogP contribution in [-0.2, 0) is 4.74 Å². The molecule has 0 aliphatic heterocycles. The fourth-order valence-corrected chi connectivity index (χ4v) is 1.53. The molecule has 0 aliphatic carbocycles. The molecular formula is C12H18N2O2. The predicted molar refractivity (Wildman–Crippen MR) is 64.4 cm³/mol. The molecule has 0 radical (unpaired) electrons. The summed E-state index contributed by atoms with van der Waals surface area (Å²) in [7, 11) is 1.61. The van der Waals surface area contributed by atoms with E-state index in [4.69, 9.17) is 10.5 Å². The van der Waals surface area contributed by atoms with Gasteiger partial charge in [0.05, 0.1) is 6.61 Å². The number of methoxy groups -OCH3 is 1. The summed E-state index contributed by atoms with van der Waals surface area (Å²) in [5.74, 6) is -0.0953. The zero-order valence-electron chi connectivity index (χ0n) is 9.91. The maximum Gasteiger partial charge on any atom is 0.251 e. The molecular weight excluding hydrogens is 204 g/mol. The summed E-state index contributed by atoms with van der Waals surface area (Å²) in [5, 5.41) is 2.85. The van der Waals surface area contributed by atoms with Gasteiger partial charge in [0.25, 0.3) is 5.91 Å². The van der Waals surface area contributed by atoms with Crippen LogP contribution in [0.5, 0.6) is 0 Å². The molecule has 0 bridgehead atoms. The SMILES string of the molecule is COCC(C)NC(=O)c1ccc(N)cc1C. The second kappa shape index (κ2) is 5.51. The number of hydrogen-bond donors (Lipinski definition) is 2. The molecule has 4 heteroatoms. The van der Waals surface area contributed by atoms with Gasteiger partial charge in [-0.25, -0.2) is 0 Å². The summed E-state index contributed by atoms with van der Waals surface area (Å²) < 4.78 is 4.96. The molecule has 0 saturated carbocycles. The van der Waals surface area contributed by atoms with E-state index >= 15 is 0 Å². The third-order valence-electron chi connectivity index (χ3n) is 2.29. The van der Waals surface area contributed by atoms with Crippen molar-refractivity contribution < 1.29 is 9.53 Å². The lowest BCUT2D eigenvalue weighted by Gasteiger charge is -2.14. The number of anilines is 1. The first kappa shape index (κ1) is 12.5. The topological polar surface area (TPSA) is 64.3 Å². The van der Waals surface area contributed by atoms with E-state index in [1.54, 1.807) is 25.3 Å². The van der Waals surface area contributed by atoms with Crippen LogP contribution in [0.2, 0.25) is 0 Å². The highest BCUT2D eigenvalue weighted by Crippen LogP contribution is 2.12. The molecule has 3 N–H and O–H groups in total. The van der Waals surface area contributed by atoms with Crippen LogP contribution in [0.1, 0.15) is 22.8 Å². The molecule has 1 amide bonds. The Morgan fingerprint density at radius 1 is 1.56 bits per heavy atom. The van der Waals surface area contributed by atoms with E-state index in [0.717, 1.165) is 5.56 Å². The van der Waals surface area contributed by atoms with Gasteiger partial charge in [0.2, 0.25) is 0 Å². The Morgan fingerprint density at radius 2 is 2.25 bits per heavy atom. The van der Waals surface area contributed by atoms with Crippen molar-refractivity contribution >= 4 is 11.6 Å². The first-order valence-corrected chi connectivity index (χ1v) is 5.20. The molecule has 1 aromatic carbocycles. The van der Waals surface area contributed by atoms with Crippen molar-refractivity contribution in [1.29, 1.82) is 0 Å². The molecule has 0 heterocycles. The smallest absolute Gasteiger partial charge is 0.251 e. The average Bonchev–Trinajstić information content (AvgIpc) is 2.17. The van der Waals surface area contributed by atoms with Crippen molar-refractivity contribution in [2.75, 3.05) is 19.5 Å². The Labute approximate surface area is 95.8 Å². The van der Waals surface area contributed by atoms with Gasteiger partial charge in [-0.3, -0.25) is 4.79 Å². The molecule has 0 fully saturated rings. The Bertz CT molecular complexity index is 377. The third kappa shape index (κ3) is 3.24. The van der Waals surface area contributed by atoms with Crippen molar-refractivity contribution in [3.8, 4) is 0 Å². The normalized spacial score (nSPS) is 12.2. The van der Waals surface area contributed by atoms with Crippen LogP contribution in [0.25, 0.3) is 0 Å². The van der Waals surface area contributed by atoms with Gasteiger partial charge in [0.1, 0.15) is 0 Å². The maximum absolute atomic E-state index is 11.9. The van der Waals surface area contributed by atoms with Gasteiger partial charge < -0.3 is 15.8 Å². The Morgan fingerprint density at radius 3 is 2.81 bits per heavy atom. The first-order chi connectivity index (χ1) is 7.54. The minimum absolute atomic E-state index is 0.00514. The molecule has 0 spiro atoms. The third-order valence-corrected chi connectivity index (χ3v) is 2.29. The Balaban J connectivity index is 2.73. The summed E-state index contributed by atoms with van der Waals surface area (Å²) in [5.41, 5.74) is 7.82. The van der Waals surface area contributed by atoms with Crippen molar-refractivity contribution in [2.24, 2.45) is 0 Å². The highest BCUT2D eigenvalue weighted by molar-refractivity contribution is 5.96. The second-order valence-electron chi connectivity index (χ2n) is 3.90. The summed E-state index contributed by atoms with van der Waals surface area (Å²) in [4.78, 5) is 11.9. The number of nitrogens with two attached hydrogens (primary N) is 1. The van der Waals surface area contributed by atoms with Crippen LogP contribution < -0.4 is 11.1 Å². The molecule has 0 aromatic heterocycles. The van der Waals surface area contributed by atoms with Gasteiger partial charge in [-0.2, -0.15) is 0 Å². The number of ether oxygens (including phenoxy) is 1. The zero-order chi connectivity index (χ0) is 12.1. The number of benzene rings is 1. The first-order valence-electron chi connectivity index (χ1n) is 5.20. The van der Waals surface area contributed by atoms with E-state index < -0.39 is 0 Å². The number of nitrogens with one attached hydrogen (secondary N) is 1. The van der Waals surface area contributed by atoms with Crippen molar-refractivity contribution in [3.63, 3.8) is 0 Å². The van der Waals surface area contributed by atoms with Crippen molar-refractivity contribution in [1.82, 2.24) is 5.32 Å². The number of aryl methyl sites for hydroxylation is 1. The van der Waals surface area contributed by atoms with Crippen LogP contribution in [0, 0.1) is 6.92 Å². The van der Waals surface area contributed by atoms with E-state index in [1.165, 1.54) is 0 Å². The zero-order valence-corrected chi connectivity index (χ0v) is 9.91. The number of rotatable bonds is 4. The largest absolute Gasteiger partial charge is 0.399 e. The van der Waals surface area contributed by atoms with E-state index in [2.05, 4.69) is 5.32 Å². The molecule has 0 saturated heterocycles. The maximum atomic E-state index is 11.9. The molecule has 16 heavy (non-hydrogen) atoms. The average molecular weight is 222 g/mol. The highest BCUT2D eigenvalue weighted by Gasteiger charge is 2.11. The Kier molecular flexibility index (Phi) is 4.31. The lowest BCUT2D eigenvalue weighted by atomic mass is 10.1. The number of amides is 1.